The number of carbonyl (C=O) groups is 1. The number of rotatable bonds is 8. The molecule has 1 N–H and O–H groups in total. The van der Waals surface area contributed by atoms with E-state index in [1.54, 1.807) is 19.4 Å². The number of hydrogen-bond acceptors (Lipinski definition) is 4. The molecule has 0 aliphatic rings. The molecule has 2 aromatic heterocycles. The third-order valence-electron chi connectivity index (χ3n) is 3.81. The molecule has 0 fully saturated rings. The van der Waals surface area contributed by atoms with Crippen molar-refractivity contribution < 1.29 is 14.3 Å². The minimum absolute atomic E-state index is 0.0292. The second-order valence-corrected chi connectivity index (χ2v) is 6.19. The summed E-state index contributed by atoms with van der Waals surface area (Å²) >= 11 is 5.95. The average molecular weight is 374 g/mol. The molecule has 0 saturated carbocycles. The van der Waals surface area contributed by atoms with E-state index in [0.717, 1.165) is 22.8 Å². The molecule has 0 aliphatic carbocycles. The summed E-state index contributed by atoms with van der Waals surface area (Å²) in [6.45, 7) is 0.865. The van der Waals surface area contributed by atoms with Crippen molar-refractivity contribution in [2.45, 2.75) is 19.4 Å². The van der Waals surface area contributed by atoms with E-state index in [4.69, 9.17) is 21.1 Å². The minimum atomic E-state index is -0.0292. The number of benzene rings is 1. The van der Waals surface area contributed by atoms with Gasteiger partial charge in [-0.1, -0.05) is 11.6 Å². The largest absolute Gasteiger partial charge is 0.497 e. The van der Waals surface area contributed by atoms with Gasteiger partial charge in [0.25, 0.3) is 0 Å². The number of imidazole rings is 1. The van der Waals surface area contributed by atoms with Crippen LogP contribution < -0.4 is 14.8 Å². The van der Waals surface area contributed by atoms with Gasteiger partial charge in [-0.3, -0.25) is 4.79 Å². The van der Waals surface area contributed by atoms with Crippen molar-refractivity contribution in [1.82, 2.24) is 14.7 Å². The van der Waals surface area contributed by atoms with Gasteiger partial charge < -0.3 is 19.2 Å². The Hall–Kier alpha value is -2.73. The molecule has 7 heteroatoms. The van der Waals surface area contributed by atoms with Crippen molar-refractivity contribution in [3.63, 3.8) is 0 Å². The van der Waals surface area contributed by atoms with E-state index in [9.17, 15) is 4.79 Å². The van der Waals surface area contributed by atoms with Crippen LogP contribution in [0.1, 0.15) is 18.5 Å². The van der Waals surface area contributed by atoms with Gasteiger partial charge >= 0.3 is 0 Å². The lowest BCUT2D eigenvalue weighted by Gasteiger charge is -2.07. The highest BCUT2D eigenvalue weighted by molar-refractivity contribution is 6.30. The van der Waals surface area contributed by atoms with Crippen LogP contribution >= 0.6 is 11.6 Å². The second kappa shape index (κ2) is 8.58. The van der Waals surface area contributed by atoms with E-state index in [-0.39, 0.29) is 5.91 Å². The van der Waals surface area contributed by atoms with Crippen LogP contribution in [0.2, 0.25) is 5.02 Å². The average Bonchev–Trinajstić information content (AvgIpc) is 3.06. The summed E-state index contributed by atoms with van der Waals surface area (Å²) in [5, 5.41) is 3.51. The molecule has 0 unspecified atom stereocenters. The molecule has 6 nitrogen and oxygen atoms in total. The second-order valence-electron chi connectivity index (χ2n) is 5.75. The Morgan fingerprint density at radius 1 is 1.15 bits per heavy atom. The highest BCUT2D eigenvalue weighted by Gasteiger charge is 2.05. The number of fused-ring (bicyclic) bond motifs is 1. The van der Waals surface area contributed by atoms with Crippen LogP contribution in [0.5, 0.6) is 11.5 Å². The molecule has 2 heterocycles. The van der Waals surface area contributed by atoms with Crippen molar-refractivity contribution in [3.05, 3.63) is 59.5 Å². The first-order chi connectivity index (χ1) is 12.6. The predicted octanol–water partition coefficient (Wildman–Crippen LogP) is 3.47. The summed E-state index contributed by atoms with van der Waals surface area (Å²) < 4.78 is 12.5. The number of amides is 1. The van der Waals surface area contributed by atoms with Gasteiger partial charge in [-0.15, -0.1) is 0 Å². The Morgan fingerprint density at radius 3 is 2.69 bits per heavy atom. The number of carbonyl (C=O) groups excluding carboxylic acids is 1. The van der Waals surface area contributed by atoms with Gasteiger partial charge in [0.15, 0.2) is 0 Å². The number of halogens is 1. The molecular formula is C19H20ClN3O3. The normalized spacial score (nSPS) is 10.7. The highest BCUT2D eigenvalue weighted by atomic mass is 35.5. The minimum Gasteiger partial charge on any atom is -0.497 e. The third-order valence-corrected chi connectivity index (χ3v) is 4.03. The topological polar surface area (TPSA) is 64.9 Å². The van der Waals surface area contributed by atoms with Gasteiger partial charge in [-0.05, 0) is 42.8 Å². The number of methoxy groups -OCH3 is 1. The molecule has 136 valence electrons. The van der Waals surface area contributed by atoms with Crippen LogP contribution in [0, 0.1) is 0 Å². The van der Waals surface area contributed by atoms with Crippen molar-refractivity contribution in [1.29, 1.82) is 0 Å². The molecule has 0 aliphatic heterocycles. The van der Waals surface area contributed by atoms with E-state index in [1.807, 2.05) is 40.9 Å². The summed E-state index contributed by atoms with van der Waals surface area (Å²) in [5.74, 6) is 1.51. The van der Waals surface area contributed by atoms with Crippen LogP contribution in [-0.4, -0.2) is 29.0 Å². The van der Waals surface area contributed by atoms with E-state index in [1.165, 1.54) is 0 Å². The molecule has 1 aromatic carbocycles. The van der Waals surface area contributed by atoms with E-state index >= 15 is 0 Å². The van der Waals surface area contributed by atoms with Crippen LogP contribution in [0.3, 0.4) is 0 Å². The van der Waals surface area contributed by atoms with Gasteiger partial charge in [0.1, 0.15) is 17.1 Å². The van der Waals surface area contributed by atoms with E-state index < -0.39 is 0 Å². The number of pyridine rings is 1. The molecule has 3 rings (SSSR count). The molecule has 1 amide bonds. The molecular weight excluding hydrogens is 354 g/mol. The van der Waals surface area contributed by atoms with Crippen molar-refractivity contribution in [2.75, 3.05) is 13.7 Å². The maximum atomic E-state index is 11.9. The monoisotopic (exact) mass is 373 g/mol. The highest BCUT2D eigenvalue weighted by Crippen LogP contribution is 2.17. The summed E-state index contributed by atoms with van der Waals surface area (Å²) in [5.41, 5.74) is 1.58. The fourth-order valence-corrected chi connectivity index (χ4v) is 2.64. The number of nitrogens with one attached hydrogen (secondary N) is 1. The lowest BCUT2D eigenvalue weighted by molar-refractivity contribution is -0.121. The SMILES string of the molecule is COc1ccc(OCCCC(=O)NCc2cn3cc(Cl)ccc3n2)cc1. The fourth-order valence-electron chi connectivity index (χ4n) is 2.47. The van der Waals surface area contributed by atoms with Crippen LogP contribution in [0.15, 0.2) is 48.8 Å². The number of ether oxygens (including phenoxy) is 2. The summed E-state index contributed by atoms with van der Waals surface area (Å²) in [6, 6.07) is 11.0. The van der Waals surface area contributed by atoms with Crippen LogP contribution in [-0.2, 0) is 11.3 Å². The Morgan fingerprint density at radius 2 is 1.92 bits per heavy atom. The fraction of sp³-hybridized carbons (Fsp3) is 0.263. The van der Waals surface area contributed by atoms with Gasteiger partial charge in [-0.2, -0.15) is 0 Å². The van der Waals surface area contributed by atoms with Gasteiger partial charge in [0, 0.05) is 18.8 Å². The Kier molecular flexibility index (Phi) is 5.96. The molecule has 0 radical (unpaired) electrons. The molecule has 0 bridgehead atoms. The lowest BCUT2D eigenvalue weighted by atomic mass is 10.3. The molecule has 0 atom stereocenters. The van der Waals surface area contributed by atoms with Crippen molar-refractivity contribution >= 4 is 23.2 Å². The third kappa shape index (κ3) is 4.89. The first kappa shape index (κ1) is 18.1. The molecule has 3 aromatic rings. The zero-order valence-electron chi connectivity index (χ0n) is 14.4. The van der Waals surface area contributed by atoms with Crippen molar-refractivity contribution in [3.8, 4) is 11.5 Å². The Labute approximate surface area is 156 Å². The van der Waals surface area contributed by atoms with Crippen LogP contribution in [0.4, 0.5) is 0 Å². The zero-order chi connectivity index (χ0) is 18.4. The molecule has 0 spiro atoms. The summed E-state index contributed by atoms with van der Waals surface area (Å²) in [6.07, 6.45) is 4.67. The smallest absolute Gasteiger partial charge is 0.220 e. The quantitative estimate of drug-likeness (QED) is 0.614. The Balaban J connectivity index is 1.38. The number of nitrogens with zero attached hydrogens (tertiary/aromatic N) is 2. The Bertz CT molecular complexity index is 877. The van der Waals surface area contributed by atoms with Gasteiger partial charge in [0.2, 0.25) is 5.91 Å². The number of aromatic nitrogens is 2. The van der Waals surface area contributed by atoms with E-state index in [2.05, 4.69) is 10.3 Å². The van der Waals surface area contributed by atoms with Crippen LogP contribution in [0.25, 0.3) is 5.65 Å². The first-order valence-electron chi connectivity index (χ1n) is 8.31. The summed E-state index contributed by atoms with van der Waals surface area (Å²) in [7, 11) is 1.62. The number of hydrogen-bond donors (Lipinski definition) is 1. The standard InChI is InChI=1S/C19H20ClN3O3/c1-25-16-5-7-17(8-6-16)26-10-2-3-19(24)21-11-15-13-23-12-14(20)4-9-18(23)22-15/h4-9,12-13H,2-3,10-11H2,1H3,(H,21,24). The van der Waals surface area contributed by atoms with Crippen molar-refractivity contribution in [2.24, 2.45) is 0 Å². The maximum Gasteiger partial charge on any atom is 0.220 e. The molecule has 0 saturated heterocycles. The first-order valence-corrected chi connectivity index (χ1v) is 8.68. The maximum absolute atomic E-state index is 11.9. The summed E-state index contributed by atoms with van der Waals surface area (Å²) in [4.78, 5) is 16.4. The van der Waals surface area contributed by atoms with Gasteiger partial charge in [0.05, 0.1) is 31.0 Å². The van der Waals surface area contributed by atoms with Gasteiger partial charge in [-0.25, -0.2) is 4.98 Å². The molecule has 26 heavy (non-hydrogen) atoms. The predicted molar refractivity (Wildman–Crippen MR) is 99.8 cm³/mol. The lowest BCUT2D eigenvalue weighted by Crippen LogP contribution is -2.23. The zero-order valence-corrected chi connectivity index (χ0v) is 15.2. The van der Waals surface area contributed by atoms with E-state index in [0.29, 0.717) is 31.0 Å².